The van der Waals surface area contributed by atoms with Crippen molar-refractivity contribution >= 4 is 54.6 Å². The van der Waals surface area contributed by atoms with E-state index in [4.69, 9.17) is 4.42 Å². The molecule has 0 saturated carbocycles. The van der Waals surface area contributed by atoms with Gasteiger partial charge in [-0.1, -0.05) is 60.7 Å². The maximum atomic E-state index is 5.83. The molecule has 2 heteroatoms. The Morgan fingerprint density at radius 2 is 1.23 bits per heavy atom. The zero-order valence-corrected chi connectivity index (χ0v) is 14.9. The van der Waals surface area contributed by atoms with Gasteiger partial charge >= 0.3 is 0 Å². The van der Waals surface area contributed by atoms with E-state index in [1.165, 1.54) is 37.7 Å². The Kier molecular flexibility index (Phi) is 3.69. The van der Waals surface area contributed by atoms with Crippen molar-refractivity contribution < 1.29 is 4.42 Å². The molecule has 0 unspecified atom stereocenters. The van der Waals surface area contributed by atoms with E-state index >= 15 is 0 Å². The lowest BCUT2D eigenvalue weighted by Gasteiger charge is -2.06. The van der Waals surface area contributed by atoms with Gasteiger partial charge in [0.05, 0.1) is 6.26 Å². The minimum atomic E-state index is 0.968. The normalized spacial score (nSPS) is 11.1. The molecule has 0 aliphatic rings. The molecule has 0 fully saturated rings. The monoisotopic (exact) mass is 352 g/mol. The smallest absolute Gasteiger partial charge is 0.142 e. The van der Waals surface area contributed by atoms with Crippen molar-refractivity contribution in [3.63, 3.8) is 0 Å². The van der Waals surface area contributed by atoms with Gasteiger partial charge in [-0.25, -0.2) is 0 Å². The first-order valence-electron chi connectivity index (χ1n) is 8.60. The molecular weight excluding hydrogens is 336 g/mol. The Morgan fingerprint density at radius 3 is 2.00 bits per heavy atom. The highest BCUT2D eigenvalue weighted by Crippen LogP contribution is 2.40. The molecule has 0 radical (unpaired) electrons. The highest BCUT2D eigenvalue weighted by molar-refractivity contribution is 7.07. The molecular formula is C24H16OS. The second-order valence-electron chi connectivity index (χ2n) is 6.21. The largest absolute Gasteiger partial charge is 0.464 e. The summed E-state index contributed by atoms with van der Waals surface area (Å²) < 4.78 is 5.83. The Bertz CT molecular complexity index is 1310. The van der Waals surface area contributed by atoms with Crippen LogP contribution in [0.3, 0.4) is 0 Å². The standard InChI is InChI=1S/C20H12O.C4H4S/c1-2-7-14-13(6-1)12-18-17-10-5-11-21-20(17)16-9-4-3-8-15(16)19(14)18;1-2-4-5-3-1/h1-12H;1-4H. The van der Waals surface area contributed by atoms with Crippen LogP contribution in [0.25, 0.3) is 43.3 Å². The maximum absolute atomic E-state index is 5.83. The second-order valence-corrected chi connectivity index (χ2v) is 7.03. The minimum absolute atomic E-state index is 0.968. The first-order chi connectivity index (χ1) is 12.9. The summed E-state index contributed by atoms with van der Waals surface area (Å²) in [6.45, 7) is 0. The van der Waals surface area contributed by atoms with Crippen LogP contribution < -0.4 is 0 Å². The second kappa shape index (κ2) is 6.32. The third-order valence-corrected chi connectivity index (χ3v) is 5.36. The van der Waals surface area contributed by atoms with Crippen LogP contribution in [0.15, 0.2) is 100 Å². The zero-order chi connectivity index (χ0) is 17.3. The van der Waals surface area contributed by atoms with Crippen molar-refractivity contribution in [1.82, 2.24) is 0 Å². The number of rotatable bonds is 0. The van der Waals surface area contributed by atoms with Crippen molar-refractivity contribution in [2.24, 2.45) is 0 Å². The molecule has 0 saturated heterocycles. The van der Waals surface area contributed by atoms with E-state index in [0.717, 1.165) is 5.58 Å². The molecule has 0 aliphatic carbocycles. The number of hydrogen-bond acceptors (Lipinski definition) is 2. The van der Waals surface area contributed by atoms with E-state index < -0.39 is 0 Å². The van der Waals surface area contributed by atoms with Crippen molar-refractivity contribution in [1.29, 1.82) is 0 Å². The van der Waals surface area contributed by atoms with Gasteiger partial charge in [0.1, 0.15) is 5.58 Å². The van der Waals surface area contributed by atoms with Gasteiger partial charge in [-0.15, -0.1) is 0 Å². The van der Waals surface area contributed by atoms with Crippen molar-refractivity contribution in [3.8, 4) is 0 Å². The summed E-state index contributed by atoms with van der Waals surface area (Å²) in [5.74, 6) is 0. The van der Waals surface area contributed by atoms with Gasteiger partial charge in [0.15, 0.2) is 0 Å². The Labute approximate surface area is 155 Å². The van der Waals surface area contributed by atoms with Crippen LogP contribution in [-0.4, -0.2) is 0 Å². The molecule has 2 heterocycles. The van der Waals surface area contributed by atoms with E-state index in [0.29, 0.717) is 0 Å². The minimum Gasteiger partial charge on any atom is -0.464 e. The lowest BCUT2D eigenvalue weighted by molar-refractivity contribution is 0.607. The highest BCUT2D eigenvalue weighted by atomic mass is 32.1. The molecule has 26 heavy (non-hydrogen) atoms. The van der Waals surface area contributed by atoms with Crippen molar-refractivity contribution in [2.45, 2.75) is 0 Å². The Hall–Kier alpha value is -3.10. The molecule has 2 aromatic heterocycles. The summed E-state index contributed by atoms with van der Waals surface area (Å²) in [7, 11) is 0. The number of hydrogen-bond donors (Lipinski definition) is 0. The predicted octanol–water partition coefficient (Wildman–Crippen LogP) is 7.64. The summed E-state index contributed by atoms with van der Waals surface area (Å²) in [5.41, 5.74) is 0.968. The van der Waals surface area contributed by atoms with Gasteiger partial charge in [0, 0.05) is 10.8 Å². The van der Waals surface area contributed by atoms with Crippen molar-refractivity contribution in [3.05, 3.63) is 95.9 Å². The van der Waals surface area contributed by atoms with Gasteiger partial charge in [-0.3, -0.25) is 0 Å². The van der Waals surface area contributed by atoms with Gasteiger partial charge < -0.3 is 4.42 Å². The van der Waals surface area contributed by atoms with Crippen LogP contribution >= 0.6 is 11.3 Å². The average molecular weight is 352 g/mol. The molecule has 0 atom stereocenters. The summed E-state index contributed by atoms with van der Waals surface area (Å²) in [6, 6.07) is 27.5. The summed E-state index contributed by atoms with van der Waals surface area (Å²) >= 11 is 1.71. The molecule has 1 nitrogen and oxygen atoms in total. The molecule has 124 valence electrons. The summed E-state index contributed by atoms with van der Waals surface area (Å²) in [6.07, 6.45) is 1.75. The first kappa shape index (κ1) is 15.2. The third kappa shape index (κ3) is 2.39. The van der Waals surface area contributed by atoms with E-state index in [2.05, 4.69) is 60.7 Å². The van der Waals surface area contributed by atoms with Gasteiger partial charge in [-0.05, 0) is 55.9 Å². The topological polar surface area (TPSA) is 13.1 Å². The fourth-order valence-electron chi connectivity index (χ4n) is 3.65. The molecule has 0 spiro atoms. The van der Waals surface area contributed by atoms with E-state index in [9.17, 15) is 0 Å². The Morgan fingerprint density at radius 1 is 0.577 bits per heavy atom. The number of thiophene rings is 1. The number of benzene rings is 3. The number of fused-ring (bicyclic) bond motifs is 8. The van der Waals surface area contributed by atoms with Crippen LogP contribution in [0, 0.1) is 0 Å². The summed E-state index contributed by atoms with van der Waals surface area (Å²) in [5, 5.41) is 12.9. The third-order valence-electron chi connectivity index (χ3n) is 4.73. The lowest BCUT2D eigenvalue weighted by atomic mass is 10.00. The fourth-order valence-corrected chi connectivity index (χ4v) is 4.11. The van der Waals surface area contributed by atoms with Gasteiger partial charge in [0.2, 0.25) is 0 Å². The molecule has 0 aliphatic heterocycles. The van der Waals surface area contributed by atoms with Gasteiger partial charge in [-0.2, -0.15) is 11.3 Å². The summed E-state index contributed by atoms with van der Waals surface area (Å²) in [4.78, 5) is 0. The molecule has 0 N–H and O–H groups in total. The fraction of sp³-hybridized carbons (Fsp3) is 0. The SMILES string of the molecule is c1ccc2c(c1)cc1c3cccoc3c3ccccc3c21.c1ccsc1. The van der Waals surface area contributed by atoms with E-state index in [1.54, 1.807) is 17.6 Å². The first-order valence-corrected chi connectivity index (χ1v) is 9.54. The van der Waals surface area contributed by atoms with Gasteiger partial charge in [0.25, 0.3) is 0 Å². The van der Waals surface area contributed by atoms with Crippen LogP contribution in [0.2, 0.25) is 0 Å². The predicted molar refractivity (Wildman–Crippen MR) is 113 cm³/mol. The molecule has 4 aromatic carbocycles. The molecule has 0 bridgehead atoms. The quantitative estimate of drug-likeness (QED) is 0.256. The average Bonchev–Trinajstić information content (AvgIpc) is 3.40. The van der Waals surface area contributed by atoms with Crippen LogP contribution in [0.4, 0.5) is 0 Å². The molecule has 0 amide bonds. The van der Waals surface area contributed by atoms with Crippen LogP contribution in [0.1, 0.15) is 0 Å². The van der Waals surface area contributed by atoms with Crippen molar-refractivity contribution in [2.75, 3.05) is 0 Å². The highest BCUT2D eigenvalue weighted by Gasteiger charge is 2.13. The van der Waals surface area contributed by atoms with E-state index in [-0.39, 0.29) is 0 Å². The maximum Gasteiger partial charge on any atom is 0.142 e. The zero-order valence-electron chi connectivity index (χ0n) is 14.1. The van der Waals surface area contributed by atoms with Crippen LogP contribution in [0.5, 0.6) is 0 Å². The molecule has 6 aromatic rings. The Balaban J connectivity index is 0.000000262. The van der Waals surface area contributed by atoms with E-state index in [1.807, 2.05) is 29.0 Å². The molecule has 6 rings (SSSR count). The van der Waals surface area contributed by atoms with Crippen LogP contribution in [-0.2, 0) is 0 Å². The lowest BCUT2D eigenvalue weighted by Crippen LogP contribution is -1.79.